The maximum Gasteiger partial charge on any atom is 0.140 e. The Morgan fingerprint density at radius 3 is 2.61 bits per heavy atom. The molecule has 6 heteroatoms. The average molecular weight is 385 g/mol. The zero-order valence-electron chi connectivity index (χ0n) is 16.4. The van der Waals surface area contributed by atoms with Gasteiger partial charge >= 0.3 is 0 Å². The summed E-state index contributed by atoms with van der Waals surface area (Å²) in [6, 6.07) is 5.61. The van der Waals surface area contributed by atoms with Crippen LogP contribution in [0.2, 0.25) is 0 Å². The first kappa shape index (κ1) is 20.1. The van der Waals surface area contributed by atoms with Crippen LogP contribution < -0.4 is 10.5 Å². The Morgan fingerprint density at radius 2 is 1.89 bits per heavy atom. The van der Waals surface area contributed by atoms with Crippen molar-refractivity contribution in [1.29, 1.82) is 0 Å². The van der Waals surface area contributed by atoms with E-state index in [0.717, 1.165) is 18.1 Å². The highest BCUT2D eigenvalue weighted by molar-refractivity contribution is 5.93. The quantitative estimate of drug-likeness (QED) is 0.629. The van der Waals surface area contributed by atoms with Gasteiger partial charge in [-0.1, -0.05) is 13.8 Å². The van der Waals surface area contributed by atoms with E-state index >= 15 is 0 Å². The largest absolute Gasteiger partial charge is 0.491 e. The molecular formula is C22H25F2N3O. The van der Waals surface area contributed by atoms with Crippen molar-refractivity contribution in [2.45, 2.75) is 27.2 Å². The maximum atomic E-state index is 14.4. The molecule has 0 bridgehead atoms. The van der Waals surface area contributed by atoms with E-state index in [-0.39, 0.29) is 10.9 Å². The van der Waals surface area contributed by atoms with Gasteiger partial charge in [-0.15, -0.1) is 0 Å². The van der Waals surface area contributed by atoms with Crippen molar-refractivity contribution in [3.8, 4) is 17.0 Å². The number of hydrogen-bond acceptors (Lipinski definition) is 4. The monoisotopic (exact) mass is 385 g/mol. The summed E-state index contributed by atoms with van der Waals surface area (Å²) in [6.07, 6.45) is 4.18. The van der Waals surface area contributed by atoms with E-state index < -0.39 is 11.6 Å². The van der Waals surface area contributed by atoms with Gasteiger partial charge in [0.05, 0.1) is 24.0 Å². The average Bonchev–Trinajstić information content (AvgIpc) is 2.66. The summed E-state index contributed by atoms with van der Waals surface area (Å²) in [5, 5.41) is 0.258. The Bertz CT molecular complexity index is 977. The molecule has 1 aromatic carbocycles. The maximum absolute atomic E-state index is 14.4. The van der Waals surface area contributed by atoms with Crippen LogP contribution in [0.1, 0.15) is 25.8 Å². The van der Waals surface area contributed by atoms with Crippen LogP contribution in [0.25, 0.3) is 22.2 Å². The number of aryl methyl sites for hydroxylation is 1. The van der Waals surface area contributed by atoms with E-state index in [0.29, 0.717) is 42.0 Å². The molecule has 0 fully saturated rings. The lowest BCUT2D eigenvalue weighted by Crippen LogP contribution is -2.18. The SMILES string of the molecule is Cc1cc(-c2ccnc3cc(F)cc(F)c23)ncc1OCC(C)CC(C)CN. The first-order chi connectivity index (χ1) is 13.4. The summed E-state index contributed by atoms with van der Waals surface area (Å²) in [4.78, 5) is 8.51. The fourth-order valence-corrected chi connectivity index (χ4v) is 3.34. The molecule has 3 aromatic rings. The molecule has 28 heavy (non-hydrogen) atoms. The molecule has 2 aromatic heterocycles. The van der Waals surface area contributed by atoms with E-state index in [1.165, 1.54) is 12.3 Å². The molecule has 0 amide bonds. The van der Waals surface area contributed by atoms with Crippen molar-refractivity contribution in [1.82, 2.24) is 9.97 Å². The normalized spacial score (nSPS) is 13.5. The van der Waals surface area contributed by atoms with Gasteiger partial charge in [0.2, 0.25) is 0 Å². The van der Waals surface area contributed by atoms with E-state index in [1.54, 1.807) is 12.3 Å². The minimum atomic E-state index is -0.652. The van der Waals surface area contributed by atoms with Gasteiger partial charge in [-0.3, -0.25) is 9.97 Å². The fourth-order valence-electron chi connectivity index (χ4n) is 3.34. The lowest BCUT2D eigenvalue weighted by Gasteiger charge is -2.17. The minimum Gasteiger partial charge on any atom is -0.491 e. The standard InChI is InChI=1S/C22H25F2N3O/c1-13(10-25)6-14(2)12-28-21-11-27-19(7-15(21)3)17-4-5-26-20-9-16(23)8-18(24)22(17)20/h4-5,7-9,11,13-14H,6,10,12,25H2,1-3H3. The van der Waals surface area contributed by atoms with E-state index in [2.05, 4.69) is 23.8 Å². The third kappa shape index (κ3) is 4.44. The van der Waals surface area contributed by atoms with E-state index in [1.807, 2.05) is 13.0 Å². The predicted molar refractivity (Wildman–Crippen MR) is 107 cm³/mol. The van der Waals surface area contributed by atoms with Crippen LogP contribution in [0.3, 0.4) is 0 Å². The second-order valence-electron chi connectivity index (χ2n) is 7.47. The van der Waals surface area contributed by atoms with Gasteiger partial charge in [0.25, 0.3) is 0 Å². The summed E-state index contributed by atoms with van der Waals surface area (Å²) in [5.74, 6) is 0.230. The van der Waals surface area contributed by atoms with Gasteiger partial charge < -0.3 is 10.5 Å². The second-order valence-corrected chi connectivity index (χ2v) is 7.47. The van der Waals surface area contributed by atoms with Crippen LogP contribution in [0.4, 0.5) is 8.78 Å². The second kappa shape index (κ2) is 8.61. The molecule has 0 spiro atoms. The lowest BCUT2D eigenvalue weighted by atomic mass is 9.98. The first-order valence-electron chi connectivity index (χ1n) is 9.42. The number of nitrogens with two attached hydrogens (primary N) is 1. The van der Waals surface area contributed by atoms with Crippen LogP contribution in [0.5, 0.6) is 5.75 Å². The molecule has 2 N–H and O–H groups in total. The Hall–Kier alpha value is -2.60. The molecule has 4 nitrogen and oxygen atoms in total. The van der Waals surface area contributed by atoms with Crippen LogP contribution in [-0.4, -0.2) is 23.1 Å². The Balaban J connectivity index is 1.84. The van der Waals surface area contributed by atoms with Gasteiger partial charge in [-0.25, -0.2) is 8.78 Å². The van der Waals surface area contributed by atoms with Crippen LogP contribution >= 0.6 is 0 Å². The smallest absolute Gasteiger partial charge is 0.140 e. The molecule has 148 valence electrons. The Kier molecular flexibility index (Phi) is 6.19. The lowest BCUT2D eigenvalue weighted by molar-refractivity contribution is 0.235. The summed E-state index contributed by atoms with van der Waals surface area (Å²) >= 11 is 0. The van der Waals surface area contributed by atoms with Crippen LogP contribution in [0.15, 0.2) is 36.7 Å². The molecule has 0 radical (unpaired) electrons. The zero-order chi connectivity index (χ0) is 20.3. The third-order valence-corrected chi connectivity index (χ3v) is 4.83. The minimum absolute atomic E-state index is 0.258. The predicted octanol–water partition coefficient (Wildman–Crippen LogP) is 4.88. The van der Waals surface area contributed by atoms with Crippen molar-refractivity contribution < 1.29 is 13.5 Å². The van der Waals surface area contributed by atoms with Crippen molar-refractivity contribution in [3.05, 3.63) is 53.9 Å². The number of halogens is 2. The number of ether oxygens (including phenoxy) is 1. The van der Waals surface area contributed by atoms with Gasteiger partial charge in [-0.05, 0) is 49.4 Å². The van der Waals surface area contributed by atoms with Gasteiger partial charge in [0, 0.05) is 29.3 Å². The van der Waals surface area contributed by atoms with Gasteiger partial charge in [0.15, 0.2) is 0 Å². The molecule has 2 unspecified atom stereocenters. The molecular weight excluding hydrogens is 360 g/mol. The number of aromatic nitrogens is 2. The van der Waals surface area contributed by atoms with Crippen molar-refractivity contribution >= 4 is 10.9 Å². The molecule has 0 saturated carbocycles. The van der Waals surface area contributed by atoms with Crippen molar-refractivity contribution in [3.63, 3.8) is 0 Å². The van der Waals surface area contributed by atoms with Crippen LogP contribution in [0, 0.1) is 30.4 Å². The summed E-state index contributed by atoms with van der Waals surface area (Å²) in [6.45, 7) is 7.43. The Labute approximate surface area is 163 Å². The zero-order valence-corrected chi connectivity index (χ0v) is 16.4. The van der Waals surface area contributed by atoms with Crippen molar-refractivity contribution in [2.75, 3.05) is 13.2 Å². The number of fused-ring (bicyclic) bond motifs is 1. The molecule has 0 aliphatic heterocycles. The molecule has 2 atom stereocenters. The van der Waals surface area contributed by atoms with Crippen LogP contribution in [-0.2, 0) is 0 Å². The number of hydrogen-bond donors (Lipinski definition) is 1. The number of benzene rings is 1. The summed E-state index contributed by atoms with van der Waals surface area (Å²) < 4.78 is 33.8. The highest BCUT2D eigenvalue weighted by atomic mass is 19.1. The molecule has 0 aliphatic rings. The number of nitrogens with zero attached hydrogens (tertiary/aromatic N) is 2. The highest BCUT2D eigenvalue weighted by Gasteiger charge is 2.14. The topological polar surface area (TPSA) is 61.0 Å². The Morgan fingerprint density at radius 1 is 1.11 bits per heavy atom. The molecule has 0 aliphatic carbocycles. The van der Waals surface area contributed by atoms with E-state index in [4.69, 9.17) is 10.5 Å². The number of pyridine rings is 2. The first-order valence-corrected chi connectivity index (χ1v) is 9.42. The fraction of sp³-hybridized carbons (Fsp3) is 0.364. The van der Waals surface area contributed by atoms with Gasteiger partial charge in [-0.2, -0.15) is 0 Å². The van der Waals surface area contributed by atoms with Gasteiger partial charge in [0.1, 0.15) is 17.4 Å². The number of rotatable bonds is 7. The third-order valence-electron chi connectivity index (χ3n) is 4.83. The summed E-state index contributed by atoms with van der Waals surface area (Å²) in [5.41, 5.74) is 8.00. The van der Waals surface area contributed by atoms with E-state index in [9.17, 15) is 8.78 Å². The summed E-state index contributed by atoms with van der Waals surface area (Å²) in [7, 11) is 0. The molecule has 2 heterocycles. The van der Waals surface area contributed by atoms with Crippen molar-refractivity contribution in [2.24, 2.45) is 17.6 Å². The molecule has 0 saturated heterocycles. The molecule has 3 rings (SSSR count). The highest BCUT2D eigenvalue weighted by Crippen LogP contribution is 2.31.